The fourth-order valence-electron chi connectivity index (χ4n) is 1.84. The van der Waals surface area contributed by atoms with Gasteiger partial charge in [0.15, 0.2) is 6.61 Å². The molecule has 23 heavy (non-hydrogen) atoms. The number of anilines is 1. The average molecular weight is 336 g/mol. The van der Waals surface area contributed by atoms with E-state index < -0.39 is 12.6 Å². The van der Waals surface area contributed by atoms with Crippen LogP contribution in [0.1, 0.15) is 10.4 Å². The topological polar surface area (TPSA) is 84.9 Å². The average Bonchev–Trinajstić information content (AvgIpc) is 2.54. The van der Waals surface area contributed by atoms with E-state index in [4.69, 9.17) is 26.2 Å². The van der Waals surface area contributed by atoms with Crippen LogP contribution in [0.3, 0.4) is 0 Å². The zero-order valence-corrected chi connectivity index (χ0v) is 13.0. The summed E-state index contributed by atoms with van der Waals surface area (Å²) < 4.78 is 10.2. The Hall–Kier alpha value is -2.73. The van der Waals surface area contributed by atoms with Crippen LogP contribution in [0, 0.1) is 0 Å². The lowest BCUT2D eigenvalue weighted by Gasteiger charge is -2.10. The molecule has 7 heteroatoms. The number of aliphatic carboxylic acids is 1. The van der Waals surface area contributed by atoms with Gasteiger partial charge >= 0.3 is 5.97 Å². The van der Waals surface area contributed by atoms with E-state index in [-0.39, 0.29) is 5.91 Å². The molecule has 0 radical (unpaired) electrons. The van der Waals surface area contributed by atoms with Crippen molar-refractivity contribution in [2.75, 3.05) is 19.0 Å². The molecule has 120 valence electrons. The van der Waals surface area contributed by atoms with E-state index >= 15 is 0 Å². The first-order chi connectivity index (χ1) is 11.0. The molecular formula is C16H14ClNO5. The Kier molecular flexibility index (Phi) is 5.43. The van der Waals surface area contributed by atoms with Gasteiger partial charge in [-0.25, -0.2) is 4.79 Å². The second kappa shape index (κ2) is 7.51. The predicted octanol–water partition coefficient (Wildman–Crippen LogP) is 3.06. The Labute approximate surface area is 137 Å². The number of methoxy groups -OCH3 is 1. The lowest BCUT2D eigenvalue weighted by Crippen LogP contribution is -2.13. The minimum absolute atomic E-state index is 0.311. The van der Waals surface area contributed by atoms with Crippen molar-refractivity contribution >= 4 is 29.2 Å². The molecule has 0 saturated heterocycles. The van der Waals surface area contributed by atoms with Gasteiger partial charge in [0.25, 0.3) is 5.91 Å². The van der Waals surface area contributed by atoms with E-state index in [0.717, 1.165) is 0 Å². The minimum Gasteiger partial charge on any atom is -0.496 e. The molecule has 0 heterocycles. The third-order valence-electron chi connectivity index (χ3n) is 2.88. The minimum atomic E-state index is -1.06. The third-order valence-corrected chi connectivity index (χ3v) is 3.12. The Morgan fingerprint density at radius 1 is 1.17 bits per heavy atom. The third kappa shape index (κ3) is 4.62. The van der Waals surface area contributed by atoms with Gasteiger partial charge in [0.05, 0.1) is 12.7 Å². The molecule has 0 saturated carbocycles. The predicted molar refractivity (Wildman–Crippen MR) is 85.5 cm³/mol. The fourth-order valence-corrected chi connectivity index (χ4v) is 2.01. The van der Waals surface area contributed by atoms with E-state index in [1.165, 1.54) is 13.2 Å². The fraction of sp³-hybridized carbons (Fsp3) is 0.125. The van der Waals surface area contributed by atoms with E-state index in [2.05, 4.69) is 5.32 Å². The monoisotopic (exact) mass is 335 g/mol. The highest BCUT2D eigenvalue weighted by Crippen LogP contribution is 2.24. The van der Waals surface area contributed by atoms with Gasteiger partial charge in [-0.2, -0.15) is 0 Å². The molecule has 6 nitrogen and oxygen atoms in total. The van der Waals surface area contributed by atoms with Crippen LogP contribution in [-0.4, -0.2) is 30.7 Å². The number of carbonyl (C=O) groups excluding carboxylic acids is 1. The zero-order valence-electron chi connectivity index (χ0n) is 12.2. The maximum Gasteiger partial charge on any atom is 0.341 e. The van der Waals surface area contributed by atoms with Crippen LogP contribution in [0.4, 0.5) is 5.69 Å². The van der Waals surface area contributed by atoms with Crippen molar-refractivity contribution in [1.29, 1.82) is 0 Å². The Morgan fingerprint density at radius 3 is 2.48 bits per heavy atom. The largest absolute Gasteiger partial charge is 0.496 e. The molecule has 2 N–H and O–H groups in total. The Balaban J connectivity index is 2.08. The number of carboxylic acids is 1. The zero-order chi connectivity index (χ0) is 16.8. The Bertz CT molecular complexity index is 715. The first kappa shape index (κ1) is 16.6. The summed E-state index contributed by atoms with van der Waals surface area (Å²) in [7, 11) is 1.47. The number of carbonyl (C=O) groups is 2. The number of halogens is 1. The van der Waals surface area contributed by atoms with E-state index in [1.807, 2.05) is 0 Å². The van der Waals surface area contributed by atoms with Crippen LogP contribution in [0.2, 0.25) is 5.02 Å². The lowest BCUT2D eigenvalue weighted by atomic mass is 10.2. The van der Waals surface area contributed by atoms with Crippen LogP contribution < -0.4 is 14.8 Å². The summed E-state index contributed by atoms with van der Waals surface area (Å²) >= 11 is 5.90. The highest BCUT2D eigenvalue weighted by Gasteiger charge is 2.13. The van der Waals surface area contributed by atoms with Crippen molar-refractivity contribution in [3.05, 3.63) is 53.1 Å². The number of benzene rings is 2. The smallest absolute Gasteiger partial charge is 0.341 e. The van der Waals surface area contributed by atoms with Crippen LogP contribution in [0.15, 0.2) is 42.5 Å². The van der Waals surface area contributed by atoms with E-state index in [0.29, 0.717) is 27.8 Å². The summed E-state index contributed by atoms with van der Waals surface area (Å²) in [5, 5.41) is 11.7. The first-order valence-electron chi connectivity index (χ1n) is 6.59. The van der Waals surface area contributed by atoms with Crippen molar-refractivity contribution < 1.29 is 24.2 Å². The normalized spacial score (nSPS) is 10.0. The SMILES string of the molecule is COc1ccc(Cl)cc1C(=O)Nc1ccc(OCC(=O)O)cc1. The number of hydrogen-bond acceptors (Lipinski definition) is 4. The van der Waals surface area contributed by atoms with Crippen LogP contribution in [0.25, 0.3) is 0 Å². The summed E-state index contributed by atoms with van der Waals surface area (Å²) in [6.45, 7) is -0.425. The molecule has 0 aliphatic heterocycles. The van der Waals surface area contributed by atoms with Crippen LogP contribution in [0.5, 0.6) is 11.5 Å². The maximum absolute atomic E-state index is 12.3. The van der Waals surface area contributed by atoms with E-state index in [9.17, 15) is 9.59 Å². The van der Waals surface area contributed by atoms with Crippen molar-refractivity contribution in [2.45, 2.75) is 0 Å². The first-order valence-corrected chi connectivity index (χ1v) is 6.97. The number of hydrogen-bond donors (Lipinski definition) is 2. The summed E-state index contributed by atoms with van der Waals surface area (Å²) in [4.78, 5) is 22.7. The molecule has 0 bridgehead atoms. The van der Waals surface area contributed by atoms with Crippen LogP contribution in [-0.2, 0) is 4.79 Å². The molecule has 0 atom stereocenters. The molecule has 2 aromatic carbocycles. The second-order valence-electron chi connectivity index (χ2n) is 4.51. The molecule has 0 aromatic heterocycles. The Morgan fingerprint density at radius 2 is 1.87 bits per heavy atom. The number of ether oxygens (including phenoxy) is 2. The molecule has 0 aliphatic carbocycles. The maximum atomic E-state index is 12.3. The van der Waals surface area contributed by atoms with Crippen molar-refractivity contribution in [3.63, 3.8) is 0 Å². The quantitative estimate of drug-likeness (QED) is 0.847. The lowest BCUT2D eigenvalue weighted by molar-refractivity contribution is -0.139. The summed E-state index contributed by atoms with van der Waals surface area (Å²) in [5.74, 6) is -0.627. The van der Waals surface area contributed by atoms with Gasteiger partial charge < -0.3 is 19.9 Å². The van der Waals surface area contributed by atoms with Gasteiger partial charge in [-0.1, -0.05) is 11.6 Å². The van der Waals surface area contributed by atoms with Gasteiger partial charge in [-0.15, -0.1) is 0 Å². The summed E-state index contributed by atoms with van der Waals surface area (Å²) in [5.41, 5.74) is 0.839. The van der Waals surface area contributed by atoms with Gasteiger partial charge in [0.1, 0.15) is 11.5 Å². The molecule has 1 amide bonds. The van der Waals surface area contributed by atoms with Crippen molar-refractivity contribution in [1.82, 2.24) is 0 Å². The van der Waals surface area contributed by atoms with Gasteiger partial charge in [-0.3, -0.25) is 4.79 Å². The number of carboxylic acid groups (broad SMARTS) is 1. The molecule has 2 aromatic rings. The molecule has 0 spiro atoms. The number of rotatable bonds is 6. The summed E-state index contributed by atoms with van der Waals surface area (Å²) in [6, 6.07) is 11.1. The van der Waals surface area contributed by atoms with Crippen molar-refractivity contribution in [2.24, 2.45) is 0 Å². The van der Waals surface area contributed by atoms with Gasteiger partial charge in [0, 0.05) is 10.7 Å². The van der Waals surface area contributed by atoms with Gasteiger partial charge in [-0.05, 0) is 42.5 Å². The standard InChI is InChI=1S/C16H14ClNO5/c1-22-14-7-2-10(17)8-13(14)16(21)18-11-3-5-12(6-4-11)23-9-15(19)20/h2-8H,9H2,1H3,(H,18,21)(H,19,20). The number of nitrogens with one attached hydrogen (secondary N) is 1. The molecule has 2 rings (SSSR count). The second-order valence-corrected chi connectivity index (χ2v) is 4.94. The highest BCUT2D eigenvalue weighted by molar-refractivity contribution is 6.31. The van der Waals surface area contributed by atoms with Gasteiger partial charge in [0.2, 0.25) is 0 Å². The molecule has 0 unspecified atom stereocenters. The highest BCUT2D eigenvalue weighted by atomic mass is 35.5. The molecule has 0 fully saturated rings. The molecule has 0 aliphatic rings. The molecular weight excluding hydrogens is 322 g/mol. The van der Waals surface area contributed by atoms with Crippen LogP contribution >= 0.6 is 11.6 Å². The van der Waals surface area contributed by atoms with Crippen molar-refractivity contribution in [3.8, 4) is 11.5 Å². The number of amides is 1. The summed E-state index contributed by atoms with van der Waals surface area (Å²) in [6.07, 6.45) is 0. The van der Waals surface area contributed by atoms with E-state index in [1.54, 1.807) is 36.4 Å².